The van der Waals surface area contributed by atoms with E-state index >= 15 is 0 Å². The van der Waals surface area contributed by atoms with Crippen molar-refractivity contribution < 1.29 is 68.1 Å². The molecule has 0 radical (unpaired) electrons. The lowest BCUT2D eigenvalue weighted by atomic mass is 9.93. The Morgan fingerprint density at radius 2 is 0.914 bits per heavy atom. The molecule has 194 valence electrons. The van der Waals surface area contributed by atoms with Crippen molar-refractivity contribution >= 4 is 34.5 Å². The van der Waals surface area contributed by atoms with Crippen LogP contribution in [0, 0.1) is 3.57 Å². The topological polar surface area (TPSA) is 74.6 Å². The van der Waals surface area contributed by atoms with Crippen molar-refractivity contribution in [1.82, 2.24) is 0 Å². The quantitative estimate of drug-likeness (QED) is 0.266. The van der Waals surface area contributed by atoms with Crippen LogP contribution in [0.3, 0.4) is 0 Å². The normalized spacial score (nSPS) is 13.0. The molecule has 0 saturated carbocycles. The van der Waals surface area contributed by atoms with E-state index in [-0.39, 0.29) is 24.3 Å². The van der Waals surface area contributed by atoms with Gasteiger partial charge in [0.15, 0.2) is 0 Å². The second kappa shape index (κ2) is 10.1. The summed E-state index contributed by atoms with van der Waals surface area (Å²) in [7, 11) is 0. The highest BCUT2D eigenvalue weighted by atomic mass is 127. The van der Waals surface area contributed by atoms with Gasteiger partial charge in [0, 0.05) is 9.13 Å². The Morgan fingerprint density at radius 1 is 0.571 bits per heavy atom. The molecule has 0 heterocycles. The predicted molar refractivity (Wildman–Crippen MR) is 104 cm³/mol. The smallest absolute Gasteiger partial charge is 0.460 e. The van der Waals surface area contributed by atoms with Crippen LogP contribution in [-0.4, -0.2) is 46.1 Å². The number of rotatable bonds is 6. The molecule has 0 aliphatic heterocycles. The molecule has 0 unspecified atom stereocenters. The average Bonchev–Trinajstić information content (AvgIpc) is 2.73. The summed E-state index contributed by atoms with van der Waals surface area (Å²) < 4.78 is 142. The van der Waals surface area contributed by atoms with Gasteiger partial charge in [-0.3, -0.25) is 0 Å². The first-order chi connectivity index (χ1) is 15.6. The van der Waals surface area contributed by atoms with Crippen LogP contribution in [0.25, 0.3) is 0 Å². The first kappa shape index (κ1) is 30.4. The first-order valence-corrected chi connectivity index (χ1v) is 9.59. The zero-order valence-corrected chi connectivity index (χ0v) is 18.5. The van der Waals surface area contributed by atoms with Crippen LogP contribution in [0.5, 0.6) is 0 Å². The standard InChI is InChI=1S/C12H5F11O2.C7H5IO2/c13-8(14,6-3-1-5(2-4-6)7(24)25)9(15,16)10(17,18)11(19,20)12(21,22)23;8-6-3-1-5(2-4-6)7(9)10/h1-4H,(H,24,25);1-4H,(H,9,10). The Morgan fingerprint density at radius 3 is 1.23 bits per heavy atom. The van der Waals surface area contributed by atoms with Crippen molar-refractivity contribution in [2.45, 2.75) is 29.9 Å². The van der Waals surface area contributed by atoms with Gasteiger partial charge in [0.1, 0.15) is 0 Å². The predicted octanol–water partition coefficient (Wildman–Crippen LogP) is 6.93. The maximum absolute atomic E-state index is 13.6. The third kappa shape index (κ3) is 5.95. The van der Waals surface area contributed by atoms with Crippen LogP contribution in [0.1, 0.15) is 26.3 Å². The Hall–Kier alpha value is -2.66. The number of hydrogen-bond acceptors (Lipinski definition) is 2. The summed E-state index contributed by atoms with van der Waals surface area (Å²) in [5.74, 6) is -30.9. The van der Waals surface area contributed by atoms with E-state index in [0.717, 1.165) is 3.57 Å². The molecule has 0 saturated heterocycles. The Kier molecular flexibility index (Phi) is 8.80. The fraction of sp³-hybridized carbons (Fsp3) is 0.263. The van der Waals surface area contributed by atoms with E-state index in [0.29, 0.717) is 5.56 Å². The third-order valence-electron chi connectivity index (χ3n) is 4.12. The molecule has 0 amide bonds. The van der Waals surface area contributed by atoms with Gasteiger partial charge in [-0.15, -0.1) is 0 Å². The summed E-state index contributed by atoms with van der Waals surface area (Å²) in [5, 5.41) is 17.0. The van der Waals surface area contributed by atoms with Crippen LogP contribution < -0.4 is 0 Å². The van der Waals surface area contributed by atoms with Gasteiger partial charge in [0.25, 0.3) is 0 Å². The second-order valence-electron chi connectivity index (χ2n) is 6.49. The van der Waals surface area contributed by atoms with Crippen LogP contribution >= 0.6 is 22.6 Å². The largest absolute Gasteiger partial charge is 0.478 e. The molecule has 16 heteroatoms. The Bertz CT molecular complexity index is 1050. The van der Waals surface area contributed by atoms with Gasteiger partial charge in [-0.2, -0.15) is 48.3 Å². The zero-order chi connectivity index (χ0) is 27.6. The second-order valence-corrected chi connectivity index (χ2v) is 7.74. The van der Waals surface area contributed by atoms with Gasteiger partial charge in [-0.1, -0.05) is 12.1 Å². The van der Waals surface area contributed by atoms with Gasteiger partial charge in [-0.25, -0.2) is 9.59 Å². The molecule has 0 aliphatic rings. The molecular formula is C19H10F11IO4. The Balaban J connectivity index is 0.000000507. The molecule has 0 atom stereocenters. The molecule has 0 bridgehead atoms. The minimum Gasteiger partial charge on any atom is -0.478 e. The number of halogens is 12. The van der Waals surface area contributed by atoms with Crippen molar-refractivity contribution in [1.29, 1.82) is 0 Å². The van der Waals surface area contributed by atoms with Gasteiger partial charge >= 0.3 is 41.8 Å². The fourth-order valence-corrected chi connectivity index (χ4v) is 2.53. The molecule has 0 aliphatic carbocycles. The van der Waals surface area contributed by atoms with Crippen LogP contribution in [0.4, 0.5) is 48.3 Å². The number of hydrogen-bond donors (Lipinski definition) is 2. The van der Waals surface area contributed by atoms with Crippen molar-refractivity contribution in [2.75, 3.05) is 0 Å². The zero-order valence-electron chi connectivity index (χ0n) is 16.4. The lowest BCUT2D eigenvalue weighted by Gasteiger charge is -2.37. The number of alkyl halides is 11. The molecule has 2 aromatic rings. The van der Waals surface area contributed by atoms with E-state index in [1.54, 1.807) is 24.3 Å². The summed E-state index contributed by atoms with van der Waals surface area (Å²) in [6.07, 6.45) is -7.23. The molecule has 2 N–H and O–H groups in total. The van der Waals surface area contributed by atoms with Gasteiger partial charge in [0.05, 0.1) is 11.1 Å². The third-order valence-corrected chi connectivity index (χ3v) is 4.84. The van der Waals surface area contributed by atoms with E-state index in [2.05, 4.69) is 22.6 Å². The molecule has 0 spiro atoms. The number of benzene rings is 2. The highest BCUT2D eigenvalue weighted by molar-refractivity contribution is 14.1. The van der Waals surface area contributed by atoms with Crippen LogP contribution in [0.15, 0.2) is 48.5 Å². The highest BCUT2D eigenvalue weighted by Crippen LogP contribution is 2.59. The lowest BCUT2D eigenvalue weighted by molar-refractivity contribution is -0.424. The highest BCUT2D eigenvalue weighted by Gasteiger charge is 2.87. The molecule has 2 aromatic carbocycles. The number of carboxylic acid groups (broad SMARTS) is 2. The van der Waals surface area contributed by atoms with Crippen LogP contribution in [0.2, 0.25) is 0 Å². The SMILES string of the molecule is O=C(O)c1ccc(C(F)(F)C(F)(F)C(F)(F)C(F)(F)C(F)(F)F)cc1.O=C(O)c1ccc(I)cc1. The van der Waals surface area contributed by atoms with E-state index in [9.17, 15) is 57.9 Å². The number of carboxylic acids is 2. The summed E-state index contributed by atoms with van der Waals surface area (Å²) in [6, 6.07) is 6.99. The van der Waals surface area contributed by atoms with Crippen LogP contribution in [-0.2, 0) is 5.92 Å². The number of aromatic carboxylic acids is 2. The molecule has 4 nitrogen and oxygen atoms in total. The van der Waals surface area contributed by atoms with Gasteiger partial charge in [-0.05, 0) is 59.0 Å². The first-order valence-electron chi connectivity index (χ1n) is 8.52. The van der Waals surface area contributed by atoms with Crippen molar-refractivity contribution in [3.05, 3.63) is 68.8 Å². The molecule has 0 fully saturated rings. The maximum atomic E-state index is 13.6. The minimum atomic E-state index is -7.51. The fourth-order valence-electron chi connectivity index (χ4n) is 2.17. The van der Waals surface area contributed by atoms with E-state index < -0.39 is 52.9 Å². The maximum Gasteiger partial charge on any atom is 0.460 e. The summed E-state index contributed by atoms with van der Waals surface area (Å²) >= 11 is 2.13. The molecule has 0 aromatic heterocycles. The molecule has 2 rings (SSSR count). The number of carbonyl (C=O) groups is 2. The summed E-state index contributed by atoms with van der Waals surface area (Å²) in [6.45, 7) is 0. The molecular weight excluding hydrogens is 628 g/mol. The summed E-state index contributed by atoms with van der Waals surface area (Å²) in [5.41, 5.74) is -2.50. The van der Waals surface area contributed by atoms with E-state index in [4.69, 9.17) is 10.2 Å². The summed E-state index contributed by atoms with van der Waals surface area (Å²) in [4.78, 5) is 20.8. The van der Waals surface area contributed by atoms with Crippen molar-refractivity contribution in [2.24, 2.45) is 0 Å². The molecule has 35 heavy (non-hydrogen) atoms. The lowest BCUT2D eigenvalue weighted by Crippen LogP contribution is -2.65. The Labute approximate surface area is 201 Å². The average molecular weight is 638 g/mol. The van der Waals surface area contributed by atoms with E-state index in [1.807, 2.05) is 0 Å². The van der Waals surface area contributed by atoms with Crippen molar-refractivity contribution in [3.63, 3.8) is 0 Å². The monoisotopic (exact) mass is 638 g/mol. The van der Waals surface area contributed by atoms with Crippen molar-refractivity contribution in [3.8, 4) is 0 Å². The van der Waals surface area contributed by atoms with Gasteiger partial charge in [0.2, 0.25) is 0 Å². The minimum absolute atomic E-state index is 0.112. The van der Waals surface area contributed by atoms with Gasteiger partial charge < -0.3 is 10.2 Å². The van der Waals surface area contributed by atoms with E-state index in [1.165, 1.54) is 0 Å².